The SMILES string of the molecule is CC(C)CC(C(=O)O)c1ccc(-c2ccc(C(F)(F)F)cc2)c(OCC2CC2)c1.CC(C)CC(C(=O)O)c1ccc(-c2ccc(Cl)cc2)c(OCC2CC2)c1.CC(C)CC(C(=O)O)c1ccc(-c2ccc(F)cc2)c(OCC2CC2)c1.O=C(O)C(CC1CC1)c1ccc(-c2ccc(C(F)(F)F)cc2)c(OCC2CC2)c1.O=C(O)C(CC1CC1)c1ccc(-c2ccc(Cl)cc2)c(OCC2CC2)c1. The Morgan fingerprint density at radius 1 is 0.287 bits per heavy atom. The van der Waals surface area contributed by atoms with Gasteiger partial charge in [0.1, 0.15) is 34.6 Å². The third-order valence-electron chi connectivity index (χ3n) is 25.6. The summed E-state index contributed by atoms with van der Waals surface area (Å²) in [6, 6.07) is 59.3. The van der Waals surface area contributed by atoms with Gasteiger partial charge in [-0.3, -0.25) is 24.0 Å². The zero-order chi connectivity index (χ0) is 97.2. The molecule has 7 saturated carbocycles. The zero-order valence-electron chi connectivity index (χ0n) is 77.6. The fraction of sp³-hybridized carbons (Fsp3) is 0.420. The first-order valence-electron chi connectivity index (χ1n) is 47.5. The largest absolute Gasteiger partial charge is 0.493 e. The van der Waals surface area contributed by atoms with Crippen LogP contribution in [0.15, 0.2) is 212 Å². The van der Waals surface area contributed by atoms with Crippen molar-refractivity contribution in [2.75, 3.05) is 33.0 Å². The molecule has 0 spiro atoms. The molecule has 0 amide bonds. The molecule has 17 rings (SSSR count). The van der Waals surface area contributed by atoms with Crippen LogP contribution in [0.2, 0.25) is 10.0 Å². The highest BCUT2D eigenvalue weighted by Crippen LogP contribution is 2.48. The monoisotopic (exact) mass is 1910 g/mol. The van der Waals surface area contributed by atoms with Gasteiger partial charge in [-0.15, -0.1) is 0 Å². The van der Waals surface area contributed by atoms with E-state index in [1.54, 1.807) is 48.5 Å². The molecule has 0 radical (unpaired) electrons. The molecule has 0 bridgehead atoms. The summed E-state index contributed by atoms with van der Waals surface area (Å²) in [7, 11) is 0. The molecule has 7 aliphatic carbocycles. The standard InChI is InChI=1S/C23H23F3O3.C23H25F3O3.C22H23ClO3.C22H25ClO3.C22H25FO3/c24-23(25,26)18-8-5-16(6-9-18)19-10-7-17(12-21(19)29-13-15-3-4-15)20(22(27)28)11-14-1-2-14;1-14(2)11-20(22(27)28)17-7-10-19(21(12-17)29-13-15-3-4-15)16-5-8-18(9-6-16)23(24,25)26;23-18-8-5-16(6-9-18)19-10-7-17(12-21(19)26-13-15-3-4-15)20(22(24)25)11-14-1-2-14;2*1-14(2)11-20(22(24)25)17-7-10-19(16-5-8-18(23)9-6-16)21(12-17)26-13-15-3-4-15/h5-10,12,14-15,20H,1-4,11,13H2,(H,27,28);5-10,12,14-15,20H,3-4,11,13H2,1-2H3,(H,27,28);5-10,12,14-15,20H,1-4,11,13H2,(H,24,25);2*5-10,12,14-15,20H,3-4,11,13H2,1-2H3,(H,24,25). The third-order valence-corrected chi connectivity index (χ3v) is 26.1. The summed E-state index contributed by atoms with van der Waals surface area (Å²) in [5.74, 6) is 0.777. The molecule has 136 heavy (non-hydrogen) atoms. The fourth-order valence-corrected chi connectivity index (χ4v) is 16.5. The van der Waals surface area contributed by atoms with E-state index in [2.05, 4.69) is 0 Å². The molecular weight excluding hydrogens is 1790 g/mol. The summed E-state index contributed by atoms with van der Waals surface area (Å²) >= 11 is 12.0. The lowest BCUT2D eigenvalue weighted by Gasteiger charge is -2.19. The first-order chi connectivity index (χ1) is 64.9. The summed E-state index contributed by atoms with van der Waals surface area (Å²) < 4.78 is 121. The molecule has 5 atom stereocenters. The van der Waals surface area contributed by atoms with Gasteiger partial charge in [-0.05, 0) is 302 Å². The molecule has 24 heteroatoms. The van der Waals surface area contributed by atoms with Gasteiger partial charge in [0.15, 0.2) is 0 Å². The highest BCUT2D eigenvalue weighted by molar-refractivity contribution is 6.31. The Morgan fingerprint density at radius 2 is 0.478 bits per heavy atom. The lowest BCUT2D eigenvalue weighted by Crippen LogP contribution is -2.14. The van der Waals surface area contributed by atoms with Gasteiger partial charge in [-0.2, -0.15) is 26.3 Å². The zero-order valence-corrected chi connectivity index (χ0v) is 79.1. The van der Waals surface area contributed by atoms with E-state index in [9.17, 15) is 80.2 Å². The van der Waals surface area contributed by atoms with Crippen molar-refractivity contribution in [2.45, 2.75) is 205 Å². The van der Waals surface area contributed by atoms with Crippen molar-refractivity contribution < 1.29 is 104 Å². The Bertz CT molecular complexity index is 5230. The van der Waals surface area contributed by atoms with Crippen LogP contribution in [0, 0.1) is 65.0 Å². The minimum atomic E-state index is -4.39. The number of carboxylic acids is 5. The summed E-state index contributed by atoms with van der Waals surface area (Å²) in [4.78, 5) is 58.8. The highest BCUT2D eigenvalue weighted by Gasteiger charge is 2.37. The molecule has 0 heterocycles. The molecule has 722 valence electrons. The number of aliphatic carboxylic acids is 5. The smallest absolute Gasteiger partial charge is 0.416 e. The lowest BCUT2D eigenvalue weighted by molar-refractivity contribution is -0.140. The molecule has 5 N–H and O–H groups in total. The molecule has 10 aromatic carbocycles. The fourth-order valence-electron chi connectivity index (χ4n) is 16.3. The number of carbonyl (C=O) groups is 5. The molecule has 0 saturated heterocycles. The minimum absolute atomic E-state index is 0.210. The van der Waals surface area contributed by atoms with Crippen molar-refractivity contribution in [2.24, 2.45) is 59.2 Å². The number of benzene rings is 10. The van der Waals surface area contributed by atoms with E-state index in [4.69, 9.17) is 46.9 Å². The van der Waals surface area contributed by atoms with E-state index in [1.807, 2.05) is 145 Å². The van der Waals surface area contributed by atoms with E-state index in [-0.39, 0.29) is 17.7 Å². The predicted molar refractivity (Wildman–Crippen MR) is 515 cm³/mol. The summed E-state index contributed by atoms with van der Waals surface area (Å²) in [6.45, 7) is 15.2. The van der Waals surface area contributed by atoms with Crippen LogP contribution in [0.3, 0.4) is 0 Å². The van der Waals surface area contributed by atoms with Gasteiger partial charge in [-0.25, -0.2) is 4.39 Å². The van der Waals surface area contributed by atoms with Crippen LogP contribution in [0.5, 0.6) is 28.7 Å². The summed E-state index contributed by atoms with van der Waals surface area (Å²) in [5, 5.41) is 49.7. The van der Waals surface area contributed by atoms with E-state index in [0.717, 1.165) is 144 Å². The van der Waals surface area contributed by atoms with Gasteiger partial charge in [0.25, 0.3) is 0 Å². The quantitative estimate of drug-likeness (QED) is 0.0225. The van der Waals surface area contributed by atoms with E-state index < -0.39 is 82.9 Å². The van der Waals surface area contributed by atoms with Crippen LogP contribution in [-0.4, -0.2) is 88.4 Å². The highest BCUT2D eigenvalue weighted by atomic mass is 35.5. The lowest BCUT2D eigenvalue weighted by atomic mass is 9.89. The topological polar surface area (TPSA) is 233 Å². The Hall–Kier alpha value is -11.4. The van der Waals surface area contributed by atoms with Crippen molar-refractivity contribution >= 4 is 53.0 Å². The number of hydrogen-bond acceptors (Lipinski definition) is 10. The molecule has 10 aromatic rings. The van der Waals surface area contributed by atoms with Crippen molar-refractivity contribution in [1.82, 2.24) is 0 Å². The first kappa shape index (κ1) is 102. The Kier molecular flexibility index (Phi) is 35.0. The molecule has 0 aliphatic heterocycles. The van der Waals surface area contributed by atoms with Gasteiger partial charge < -0.3 is 49.2 Å². The van der Waals surface area contributed by atoms with Crippen LogP contribution < -0.4 is 23.7 Å². The maximum Gasteiger partial charge on any atom is 0.416 e. The van der Waals surface area contributed by atoms with Crippen molar-refractivity contribution in [3.05, 3.63) is 267 Å². The second-order valence-corrected chi connectivity index (χ2v) is 39.8. The maximum atomic E-state index is 13.2. The van der Waals surface area contributed by atoms with Gasteiger partial charge in [0.2, 0.25) is 0 Å². The van der Waals surface area contributed by atoms with Crippen molar-refractivity contribution in [1.29, 1.82) is 0 Å². The molecule has 15 nitrogen and oxygen atoms in total. The maximum absolute atomic E-state index is 13.2. The molecule has 7 fully saturated rings. The average molecular weight is 1910 g/mol. The predicted octanol–water partition coefficient (Wildman–Crippen LogP) is 29.8. The van der Waals surface area contributed by atoms with Crippen LogP contribution in [0.4, 0.5) is 30.7 Å². The van der Waals surface area contributed by atoms with Gasteiger partial charge in [0, 0.05) is 37.9 Å². The normalized spacial score (nSPS) is 16.2. The number of hydrogen-bond donors (Lipinski definition) is 5. The van der Waals surface area contributed by atoms with Gasteiger partial charge in [-0.1, -0.05) is 212 Å². The van der Waals surface area contributed by atoms with Crippen LogP contribution in [0.25, 0.3) is 55.6 Å². The van der Waals surface area contributed by atoms with Gasteiger partial charge >= 0.3 is 42.2 Å². The number of carboxylic acid groups (broad SMARTS) is 5. The second kappa shape index (κ2) is 46.7. The summed E-state index contributed by atoms with van der Waals surface area (Å²) in [5.41, 5.74) is 10.6. The molecule has 5 unspecified atom stereocenters. The van der Waals surface area contributed by atoms with E-state index >= 15 is 0 Å². The average Bonchev–Trinajstić information content (AvgIpc) is 1.44. The second-order valence-electron chi connectivity index (χ2n) is 38.9. The van der Waals surface area contributed by atoms with Gasteiger partial charge in [0.05, 0.1) is 73.8 Å². The number of rotatable bonds is 40. The van der Waals surface area contributed by atoms with Crippen molar-refractivity contribution in [3.8, 4) is 84.4 Å². The Labute approximate surface area is 801 Å². The number of ether oxygens (including phenoxy) is 5. The molecule has 0 aromatic heterocycles. The minimum Gasteiger partial charge on any atom is -0.493 e. The van der Waals surface area contributed by atoms with Crippen molar-refractivity contribution in [3.63, 3.8) is 0 Å². The third kappa shape index (κ3) is 31.1. The Morgan fingerprint density at radius 3 is 0.662 bits per heavy atom. The van der Waals surface area contributed by atoms with Crippen LogP contribution >= 0.6 is 23.2 Å². The number of alkyl halides is 6. The van der Waals surface area contributed by atoms with Crippen LogP contribution in [0.1, 0.15) is 232 Å². The molecular formula is C112H121Cl2F7O15. The molecule has 7 aliphatic rings. The summed E-state index contributed by atoms with van der Waals surface area (Å²) in [6.07, 6.45) is 10.3. The van der Waals surface area contributed by atoms with Crippen LogP contribution in [-0.2, 0) is 36.3 Å². The van der Waals surface area contributed by atoms with E-state index in [0.29, 0.717) is 167 Å². The number of halogens is 9. The first-order valence-corrected chi connectivity index (χ1v) is 48.3. The van der Waals surface area contributed by atoms with E-state index in [1.165, 1.54) is 74.9 Å². The Balaban J connectivity index is 0.000000144.